The molecule has 0 radical (unpaired) electrons. The van der Waals surface area contributed by atoms with Crippen molar-refractivity contribution in [1.82, 2.24) is 4.72 Å². The SMILES string of the molecule is CN(C)c1ccc([C@H](CNS(C)(=O)=O)[NH+]2CCc3ccccc3C2)cc1. The minimum atomic E-state index is -3.22. The number of benzene rings is 2. The van der Waals surface area contributed by atoms with E-state index in [-0.39, 0.29) is 6.04 Å². The number of nitrogens with zero attached hydrogens (tertiary/aromatic N) is 1. The molecule has 2 atom stereocenters. The fourth-order valence-electron chi connectivity index (χ4n) is 3.64. The number of rotatable bonds is 6. The molecule has 0 bridgehead atoms. The molecule has 1 unspecified atom stereocenters. The number of anilines is 1. The predicted molar refractivity (Wildman–Crippen MR) is 106 cm³/mol. The van der Waals surface area contributed by atoms with Gasteiger partial charge in [-0.2, -0.15) is 0 Å². The van der Waals surface area contributed by atoms with Gasteiger partial charge in [-0.3, -0.25) is 0 Å². The minimum Gasteiger partial charge on any atom is -0.378 e. The highest BCUT2D eigenvalue weighted by Gasteiger charge is 2.29. The lowest BCUT2D eigenvalue weighted by Crippen LogP contribution is -3.12. The van der Waals surface area contributed by atoms with Gasteiger partial charge in [0.2, 0.25) is 10.0 Å². The van der Waals surface area contributed by atoms with Crippen LogP contribution in [0.15, 0.2) is 48.5 Å². The molecule has 1 aliphatic heterocycles. The monoisotopic (exact) mass is 374 g/mol. The van der Waals surface area contributed by atoms with Gasteiger partial charge in [0.15, 0.2) is 0 Å². The van der Waals surface area contributed by atoms with Crippen molar-refractivity contribution in [3.05, 3.63) is 65.2 Å². The van der Waals surface area contributed by atoms with Crippen LogP contribution >= 0.6 is 0 Å². The standard InChI is InChI=1S/C20H27N3O2S/c1-22(2)19-10-8-17(9-11-19)20(14-21-26(3,24)25)23-13-12-16-6-4-5-7-18(16)15-23/h4-11,20-21H,12-15H2,1-3H3/p+1/t20-/m0/s1. The van der Waals surface area contributed by atoms with E-state index in [0.717, 1.165) is 25.2 Å². The van der Waals surface area contributed by atoms with Crippen molar-refractivity contribution in [3.63, 3.8) is 0 Å². The summed E-state index contributed by atoms with van der Waals surface area (Å²) < 4.78 is 26.0. The summed E-state index contributed by atoms with van der Waals surface area (Å²) in [5.74, 6) is 0. The third-order valence-electron chi connectivity index (χ3n) is 5.11. The van der Waals surface area contributed by atoms with Crippen LogP contribution in [0.5, 0.6) is 0 Å². The summed E-state index contributed by atoms with van der Waals surface area (Å²) in [4.78, 5) is 3.47. The second-order valence-corrected chi connectivity index (χ2v) is 9.10. The third kappa shape index (κ3) is 4.63. The van der Waals surface area contributed by atoms with Gasteiger partial charge in [0.25, 0.3) is 0 Å². The summed E-state index contributed by atoms with van der Waals surface area (Å²) in [6.45, 7) is 2.34. The molecule has 6 heteroatoms. The normalized spacial score (nSPS) is 18.2. The zero-order chi connectivity index (χ0) is 18.7. The summed E-state index contributed by atoms with van der Waals surface area (Å²) in [6, 6.07) is 17.1. The fraction of sp³-hybridized carbons (Fsp3) is 0.400. The lowest BCUT2D eigenvalue weighted by Gasteiger charge is -2.33. The fourth-order valence-corrected chi connectivity index (χ4v) is 4.11. The molecular weight excluding hydrogens is 346 g/mol. The van der Waals surface area contributed by atoms with Crippen LogP contribution in [-0.2, 0) is 23.0 Å². The van der Waals surface area contributed by atoms with Gasteiger partial charge in [-0.1, -0.05) is 36.4 Å². The maximum Gasteiger partial charge on any atom is 0.208 e. The lowest BCUT2D eigenvalue weighted by molar-refractivity contribution is -0.945. The molecule has 0 aliphatic carbocycles. The van der Waals surface area contributed by atoms with E-state index < -0.39 is 10.0 Å². The van der Waals surface area contributed by atoms with Gasteiger partial charge >= 0.3 is 0 Å². The quantitative estimate of drug-likeness (QED) is 0.793. The van der Waals surface area contributed by atoms with Gasteiger partial charge in [0.1, 0.15) is 12.6 Å². The van der Waals surface area contributed by atoms with E-state index in [1.54, 1.807) is 0 Å². The van der Waals surface area contributed by atoms with Crippen molar-refractivity contribution in [1.29, 1.82) is 0 Å². The molecule has 0 aromatic heterocycles. The molecule has 140 valence electrons. The molecule has 3 rings (SSSR count). The topological polar surface area (TPSA) is 53.9 Å². The summed E-state index contributed by atoms with van der Waals surface area (Å²) in [5.41, 5.74) is 5.08. The highest BCUT2D eigenvalue weighted by molar-refractivity contribution is 7.88. The van der Waals surface area contributed by atoms with Crippen molar-refractivity contribution < 1.29 is 13.3 Å². The Morgan fingerprint density at radius 2 is 1.73 bits per heavy atom. The van der Waals surface area contributed by atoms with E-state index in [4.69, 9.17) is 0 Å². The van der Waals surface area contributed by atoms with Crippen molar-refractivity contribution in [2.75, 3.05) is 38.3 Å². The van der Waals surface area contributed by atoms with E-state index in [9.17, 15) is 8.42 Å². The minimum absolute atomic E-state index is 0.0919. The van der Waals surface area contributed by atoms with Gasteiger partial charge in [-0.25, -0.2) is 13.1 Å². The molecule has 5 nitrogen and oxygen atoms in total. The lowest BCUT2D eigenvalue weighted by atomic mass is 9.96. The average Bonchev–Trinajstić information content (AvgIpc) is 2.61. The zero-order valence-electron chi connectivity index (χ0n) is 15.7. The average molecular weight is 375 g/mol. The summed E-state index contributed by atoms with van der Waals surface area (Å²) in [7, 11) is 0.817. The molecule has 26 heavy (non-hydrogen) atoms. The van der Waals surface area contributed by atoms with Gasteiger partial charge in [0, 0.05) is 37.3 Å². The first-order valence-electron chi connectivity index (χ1n) is 8.97. The smallest absolute Gasteiger partial charge is 0.208 e. The number of sulfonamides is 1. The third-order valence-corrected chi connectivity index (χ3v) is 5.80. The number of fused-ring (bicyclic) bond motifs is 1. The van der Waals surface area contributed by atoms with Crippen molar-refractivity contribution in [2.45, 2.75) is 19.0 Å². The highest BCUT2D eigenvalue weighted by atomic mass is 32.2. The molecule has 2 aromatic rings. The molecule has 2 N–H and O–H groups in total. The van der Waals surface area contributed by atoms with E-state index in [1.165, 1.54) is 27.8 Å². The van der Waals surface area contributed by atoms with Gasteiger partial charge in [-0.15, -0.1) is 0 Å². The summed E-state index contributed by atoms with van der Waals surface area (Å²) in [5, 5.41) is 0. The van der Waals surface area contributed by atoms with Crippen LogP contribution in [0.4, 0.5) is 5.69 Å². The molecule has 0 fully saturated rings. The van der Waals surface area contributed by atoms with Crippen LogP contribution in [-0.4, -0.2) is 41.9 Å². The first-order valence-corrected chi connectivity index (χ1v) is 10.9. The number of hydrogen-bond donors (Lipinski definition) is 2. The van der Waals surface area contributed by atoms with Crippen molar-refractivity contribution >= 4 is 15.7 Å². The second kappa shape index (κ2) is 7.78. The molecule has 0 saturated carbocycles. The Hall–Kier alpha value is -1.89. The molecule has 1 aliphatic rings. The maximum atomic E-state index is 11.7. The maximum absolute atomic E-state index is 11.7. The molecule has 1 heterocycles. The Morgan fingerprint density at radius 1 is 1.08 bits per heavy atom. The molecule has 2 aromatic carbocycles. The van der Waals surface area contributed by atoms with Crippen LogP contribution < -0.4 is 14.5 Å². The first-order chi connectivity index (χ1) is 12.3. The van der Waals surface area contributed by atoms with E-state index in [0.29, 0.717) is 6.54 Å². The van der Waals surface area contributed by atoms with Gasteiger partial charge in [-0.05, 0) is 17.7 Å². The summed E-state index contributed by atoms with van der Waals surface area (Å²) >= 11 is 0. The Kier molecular flexibility index (Phi) is 5.65. The number of quaternary nitrogens is 1. The van der Waals surface area contributed by atoms with Crippen LogP contribution in [0.1, 0.15) is 22.7 Å². The van der Waals surface area contributed by atoms with E-state index in [2.05, 4.69) is 58.2 Å². The Morgan fingerprint density at radius 3 is 2.35 bits per heavy atom. The van der Waals surface area contributed by atoms with Crippen molar-refractivity contribution in [3.8, 4) is 0 Å². The first kappa shape index (κ1) is 18.9. The van der Waals surface area contributed by atoms with Crippen LogP contribution in [0.2, 0.25) is 0 Å². The van der Waals surface area contributed by atoms with Crippen LogP contribution in [0, 0.1) is 0 Å². The molecular formula is C20H28N3O2S+. The molecule has 0 spiro atoms. The summed E-state index contributed by atoms with van der Waals surface area (Å²) in [6.07, 6.45) is 2.25. The second-order valence-electron chi connectivity index (χ2n) is 7.26. The molecule has 0 amide bonds. The Balaban J connectivity index is 1.86. The Bertz CT molecular complexity index is 848. The van der Waals surface area contributed by atoms with Crippen LogP contribution in [0.3, 0.4) is 0 Å². The predicted octanol–water partition coefficient (Wildman–Crippen LogP) is 0.984. The largest absolute Gasteiger partial charge is 0.378 e. The van der Waals surface area contributed by atoms with Crippen LogP contribution in [0.25, 0.3) is 0 Å². The van der Waals surface area contributed by atoms with E-state index in [1.807, 2.05) is 14.1 Å². The highest BCUT2D eigenvalue weighted by Crippen LogP contribution is 2.18. The van der Waals surface area contributed by atoms with Crippen molar-refractivity contribution in [2.24, 2.45) is 0 Å². The van der Waals surface area contributed by atoms with Gasteiger partial charge < -0.3 is 9.80 Å². The van der Waals surface area contributed by atoms with Gasteiger partial charge in [0.05, 0.1) is 19.3 Å². The number of hydrogen-bond acceptors (Lipinski definition) is 3. The zero-order valence-corrected chi connectivity index (χ0v) is 16.5. The van der Waals surface area contributed by atoms with E-state index >= 15 is 0 Å². The Labute approximate surface area is 156 Å². The molecule has 0 saturated heterocycles. The number of nitrogens with one attached hydrogen (secondary N) is 2.